The van der Waals surface area contributed by atoms with Crippen molar-refractivity contribution in [2.45, 2.75) is 31.3 Å². The summed E-state index contributed by atoms with van der Waals surface area (Å²) < 4.78 is 0. The van der Waals surface area contributed by atoms with Crippen LogP contribution in [0.4, 0.5) is 0 Å². The zero-order valence-corrected chi connectivity index (χ0v) is 14.2. The Hall–Kier alpha value is -3.15. The first-order valence-corrected chi connectivity index (χ1v) is 8.77. The molecule has 0 radical (unpaired) electrons. The van der Waals surface area contributed by atoms with Crippen molar-refractivity contribution in [1.82, 2.24) is 20.6 Å². The van der Waals surface area contributed by atoms with Crippen LogP contribution in [0, 0.1) is 0 Å². The van der Waals surface area contributed by atoms with Gasteiger partial charge in [0, 0.05) is 18.0 Å². The number of hydrogen-bond acceptors (Lipinski definition) is 3. The molecule has 0 aliphatic heterocycles. The van der Waals surface area contributed by atoms with Gasteiger partial charge in [0.2, 0.25) is 5.91 Å². The molecule has 132 valence electrons. The number of imidazole rings is 1. The van der Waals surface area contributed by atoms with Crippen molar-refractivity contribution >= 4 is 22.8 Å². The zero-order chi connectivity index (χ0) is 17.9. The Balaban J connectivity index is 1.52. The summed E-state index contributed by atoms with van der Waals surface area (Å²) in [5, 5.41) is 5.87. The van der Waals surface area contributed by atoms with Gasteiger partial charge in [0.15, 0.2) is 0 Å². The van der Waals surface area contributed by atoms with Crippen LogP contribution < -0.4 is 10.6 Å². The average Bonchev–Trinajstić information content (AvgIpc) is 3.34. The number of H-pyrrole nitrogens is 1. The summed E-state index contributed by atoms with van der Waals surface area (Å²) in [6.45, 7) is 0. The predicted octanol–water partition coefficient (Wildman–Crippen LogP) is 2.18. The van der Waals surface area contributed by atoms with Crippen molar-refractivity contribution in [3.05, 3.63) is 66.0 Å². The van der Waals surface area contributed by atoms with Crippen molar-refractivity contribution in [2.75, 3.05) is 0 Å². The molecule has 1 aliphatic carbocycles. The number of aromatic nitrogens is 2. The Morgan fingerprint density at radius 3 is 2.73 bits per heavy atom. The second-order valence-corrected chi connectivity index (χ2v) is 6.63. The van der Waals surface area contributed by atoms with Gasteiger partial charge in [0.25, 0.3) is 5.91 Å². The molecule has 0 saturated heterocycles. The molecule has 1 atom stereocenters. The van der Waals surface area contributed by atoms with Crippen LogP contribution in [0.1, 0.15) is 28.8 Å². The summed E-state index contributed by atoms with van der Waals surface area (Å²) in [5.74, 6) is -0.402. The van der Waals surface area contributed by atoms with Crippen molar-refractivity contribution < 1.29 is 9.59 Å². The van der Waals surface area contributed by atoms with Gasteiger partial charge in [-0.3, -0.25) is 9.59 Å². The molecule has 2 aromatic carbocycles. The van der Waals surface area contributed by atoms with Crippen molar-refractivity contribution in [2.24, 2.45) is 0 Å². The SMILES string of the molecule is O=C(N[C@@H](Cc1ccccc1)C(=O)NC1CC1)c1ccc2nc[nH]c2c1. The third-order valence-electron chi connectivity index (χ3n) is 4.51. The van der Waals surface area contributed by atoms with E-state index in [0.29, 0.717) is 12.0 Å². The van der Waals surface area contributed by atoms with Crippen LogP contribution in [0.2, 0.25) is 0 Å². The number of nitrogens with one attached hydrogen (secondary N) is 3. The Labute approximate surface area is 151 Å². The second-order valence-electron chi connectivity index (χ2n) is 6.63. The van der Waals surface area contributed by atoms with E-state index < -0.39 is 6.04 Å². The molecule has 0 unspecified atom stereocenters. The lowest BCUT2D eigenvalue weighted by Crippen LogP contribution is -2.48. The fourth-order valence-electron chi connectivity index (χ4n) is 2.91. The van der Waals surface area contributed by atoms with Crippen LogP contribution in [0.25, 0.3) is 11.0 Å². The lowest BCUT2D eigenvalue weighted by atomic mass is 10.0. The van der Waals surface area contributed by atoms with Crippen LogP contribution >= 0.6 is 0 Å². The van der Waals surface area contributed by atoms with Crippen LogP contribution in [0.15, 0.2) is 54.9 Å². The molecule has 6 heteroatoms. The number of aromatic amines is 1. The molecule has 1 aromatic heterocycles. The van der Waals surface area contributed by atoms with E-state index in [-0.39, 0.29) is 17.9 Å². The fourth-order valence-corrected chi connectivity index (χ4v) is 2.91. The molecule has 2 amide bonds. The molecule has 26 heavy (non-hydrogen) atoms. The third-order valence-corrected chi connectivity index (χ3v) is 4.51. The molecular weight excluding hydrogens is 328 g/mol. The van der Waals surface area contributed by atoms with Gasteiger partial charge in [-0.15, -0.1) is 0 Å². The monoisotopic (exact) mass is 348 g/mol. The Morgan fingerprint density at radius 2 is 1.96 bits per heavy atom. The standard InChI is InChI=1S/C20H20N4O2/c25-19(14-6-9-16-17(11-14)22-12-21-16)24-18(20(26)23-15-7-8-15)10-13-4-2-1-3-5-13/h1-6,9,11-12,15,18H,7-8,10H2,(H,21,22)(H,23,26)(H,24,25)/t18-/m0/s1. The number of nitrogens with zero attached hydrogens (tertiary/aromatic N) is 1. The first kappa shape index (κ1) is 16.3. The highest BCUT2D eigenvalue weighted by atomic mass is 16.2. The number of rotatable bonds is 6. The highest BCUT2D eigenvalue weighted by Crippen LogP contribution is 2.19. The fraction of sp³-hybridized carbons (Fsp3) is 0.250. The number of amides is 2. The summed E-state index contributed by atoms with van der Waals surface area (Å²) >= 11 is 0. The highest BCUT2D eigenvalue weighted by Gasteiger charge is 2.28. The van der Waals surface area contributed by atoms with Gasteiger partial charge in [0.1, 0.15) is 6.04 Å². The van der Waals surface area contributed by atoms with E-state index in [1.807, 2.05) is 30.3 Å². The number of fused-ring (bicyclic) bond motifs is 1. The molecule has 1 saturated carbocycles. The normalized spacial score (nSPS) is 14.8. The maximum atomic E-state index is 12.7. The molecule has 0 spiro atoms. The average molecular weight is 348 g/mol. The minimum Gasteiger partial charge on any atom is -0.352 e. The second kappa shape index (κ2) is 7.00. The molecular formula is C20H20N4O2. The Bertz CT molecular complexity index is 931. The molecule has 4 rings (SSSR count). The van der Waals surface area contributed by atoms with Crippen LogP contribution in [-0.4, -0.2) is 33.9 Å². The third kappa shape index (κ3) is 3.74. The molecule has 0 bridgehead atoms. The molecule has 3 N–H and O–H groups in total. The summed E-state index contributed by atoms with van der Waals surface area (Å²) in [7, 11) is 0. The van der Waals surface area contributed by atoms with Crippen molar-refractivity contribution in [1.29, 1.82) is 0 Å². The maximum absolute atomic E-state index is 12.7. The molecule has 1 heterocycles. The number of benzene rings is 2. The largest absolute Gasteiger partial charge is 0.352 e. The van der Waals surface area contributed by atoms with E-state index in [1.165, 1.54) is 0 Å². The number of hydrogen-bond donors (Lipinski definition) is 3. The van der Waals surface area contributed by atoms with Crippen LogP contribution in [-0.2, 0) is 11.2 Å². The van der Waals surface area contributed by atoms with Gasteiger partial charge in [-0.2, -0.15) is 0 Å². The summed E-state index contributed by atoms with van der Waals surface area (Å²) in [5.41, 5.74) is 3.10. The lowest BCUT2D eigenvalue weighted by Gasteiger charge is -2.18. The van der Waals surface area contributed by atoms with Gasteiger partial charge in [-0.25, -0.2) is 4.98 Å². The van der Waals surface area contributed by atoms with E-state index in [0.717, 1.165) is 29.4 Å². The van der Waals surface area contributed by atoms with Crippen LogP contribution in [0.3, 0.4) is 0 Å². The minimum absolute atomic E-state index is 0.132. The Kier molecular flexibility index (Phi) is 4.39. The molecule has 1 fully saturated rings. The topological polar surface area (TPSA) is 86.9 Å². The number of carbonyl (C=O) groups is 2. The van der Waals surface area contributed by atoms with Gasteiger partial charge >= 0.3 is 0 Å². The zero-order valence-electron chi connectivity index (χ0n) is 14.2. The first-order valence-electron chi connectivity index (χ1n) is 8.77. The van der Waals surface area contributed by atoms with Crippen molar-refractivity contribution in [3.8, 4) is 0 Å². The van der Waals surface area contributed by atoms with E-state index in [9.17, 15) is 9.59 Å². The Morgan fingerprint density at radius 1 is 1.15 bits per heavy atom. The van der Waals surface area contributed by atoms with Crippen LogP contribution in [0.5, 0.6) is 0 Å². The maximum Gasteiger partial charge on any atom is 0.252 e. The van der Waals surface area contributed by atoms with Gasteiger partial charge in [0.05, 0.1) is 17.4 Å². The van der Waals surface area contributed by atoms with E-state index in [4.69, 9.17) is 0 Å². The quantitative estimate of drug-likeness (QED) is 0.638. The van der Waals surface area contributed by atoms with E-state index in [2.05, 4.69) is 20.6 Å². The van der Waals surface area contributed by atoms with Crippen molar-refractivity contribution in [3.63, 3.8) is 0 Å². The molecule has 1 aliphatic rings. The first-order chi connectivity index (χ1) is 12.7. The predicted molar refractivity (Wildman–Crippen MR) is 98.7 cm³/mol. The number of carbonyl (C=O) groups excluding carboxylic acids is 2. The van der Waals surface area contributed by atoms with E-state index in [1.54, 1.807) is 24.5 Å². The van der Waals surface area contributed by atoms with Gasteiger partial charge < -0.3 is 15.6 Å². The molecule has 3 aromatic rings. The molecule has 6 nitrogen and oxygen atoms in total. The summed E-state index contributed by atoms with van der Waals surface area (Å²) in [4.78, 5) is 32.4. The van der Waals surface area contributed by atoms with Gasteiger partial charge in [-0.05, 0) is 36.6 Å². The minimum atomic E-state index is -0.608. The lowest BCUT2D eigenvalue weighted by molar-refractivity contribution is -0.123. The highest BCUT2D eigenvalue weighted by molar-refractivity contribution is 5.99. The van der Waals surface area contributed by atoms with Gasteiger partial charge in [-0.1, -0.05) is 30.3 Å². The summed E-state index contributed by atoms with van der Waals surface area (Å²) in [6, 6.07) is 14.6. The van der Waals surface area contributed by atoms with E-state index >= 15 is 0 Å². The summed E-state index contributed by atoms with van der Waals surface area (Å²) in [6.07, 6.45) is 4.06. The smallest absolute Gasteiger partial charge is 0.252 e.